The van der Waals surface area contributed by atoms with Crippen molar-refractivity contribution in [1.82, 2.24) is 9.97 Å². The SMILES string of the molecule is CNc1nc(C(C)C)nc(-c2ccc(C#N)s2)c1C. The zero-order chi connectivity index (χ0) is 14.0. The molecule has 98 valence electrons. The Morgan fingerprint density at radius 1 is 1.32 bits per heavy atom. The van der Waals surface area contributed by atoms with E-state index in [4.69, 9.17) is 5.26 Å². The molecule has 0 aliphatic carbocycles. The molecule has 2 aromatic heterocycles. The summed E-state index contributed by atoms with van der Waals surface area (Å²) in [6, 6.07) is 5.94. The van der Waals surface area contributed by atoms with Crippen LogP contribution in [0.3, 0.4) is 0 Å². The summed E-state index contributed by atoms with van der Waals surface area (Å²) in [6.07, 6.45) is 0. The minimum Gasteiger partial charge on any atom is -0.373 e. The number of nitrogens with one attached hydrogen (secondary N) is 1. The second-order valence-electron chi connectivity index (χ2n) is 4.58. The first-order valence-electron chi connectivity index (χ1n) is 6.13. The summed E-state index contributed by atoms with van der Waals surface area (Å²) in [7, 11) is 1.86. The largest absolute Gasteiger partial charge is 0.373 e. The van der Waals surface area contributed by atoms with Crippen LogP contribution in [0.2, 0.25) is 0 Å². The smallest absolute Gasteiger partial charge is 0.134 e. The first kappa shape index (κ1) is 13.5. The van der Waals surface area contributed by atoms with Gasteiger partial charge in [0.25, 0.3) is 0 Å². The normalized spacial score (nSPS) is 10.5. The monoisotopic (exact) mass is 272 g/mol. The molecule has 0 spiro atoms. The van der Waals surface area contributed by atoms with Crippen LogP contribution in [0.15, 0.2) is 12.1 Å². The maximum Gasteiger partial charge on any atom is 0.134 e. The minimum atomic E-state index is 0.266. The van der Waals surface area contributed by atoms with E-state index in [0.29, 0.717) is 4.88 Å². The Kier molecular flexibility index (Phi) is 3.82. The Morgan fingerprint density at radius 3 is 2.58 bits per heavy atom. The average Bonchev–Trinajstić information content (AvgIpc) is 2.87. The standard InChI is InChI=1S/C14H16N4S/c1-8(2)13-17-12(9(3)14(16-4)18-13)11-6-5-10(7-15)19-11/h5-6,8H,1-4H3,(H,16,17,18). The van der Waals surface area contributed by atoms with Crippen LogP contribution in [-0.2, 0) is 0 Å². The van der Waals surface area contributed by atoms with Gasteiger partial charge in [-0.25, -0.2) is 9.97 Å². The van der Waals surface area contributed by atoms with Gasteiger partial charge in [0.1, 0.15) is 22.6 Å². The molecule has 0 aromatic carbocycles. The lowest BCUT2D eigenvalue weighted by atomic mass is 10.1. The van der Waals surface area contributed by atoms with Crippen LogP contribution >= 0.6 is 11.3 Å². The van der Waals surface area contributed by atoms with Gasteiger partial charge in [-0.2, -0.15) is 5.26 Å². The van der Waals surface area contributed by atoms with Gasteiger partial charge >= 0.3 is 0 Å². The molecule has 5 heteroatoms. The van der Waals surface area contributed by atoms with E-state index in [0.717, 1.165) is 27.8 Å². The highest BCUT2D eigenvalue weighted by Gasteiger charge is 2.15. The predicted molar refractivity (Wildman–Crippen MR) is 78.4 cm³/mol. The van der Waals surface area contributed by atoms with Gasteiger partial charge in [-0.3, -0.25) is 0 Å². The van der Waals surface area contributed by atoms with Crippen LogP contribution in [0.25, 0.3) is 10.6 Å². The molecule has 0 saturated carbocycles. The number of thiophene rings is 1. The van der Waals surface area contributed by atoms with Crippen LogP contribution < -0.4 is 5.32 Å². The second-order valence-corrected chi connectivity index (χ2v) is 5.67. The summed E-state index contributed by atoms with van der Waals surface area (Å²) >= 11 is 1.46. The molecule has 0 aliphatic rings. The number of aromatic nitrogens is 2. The highest BCUT2D eigenvalue weighted by Crippen LogP contribution is 2.32. The van der Waals surface area contributed by atoms with Gasteiger partial charge < -0.3 is 5.32 Å². The molecule has 0 radical (unpaired) electrons. The fourth-order valence-corrected chi connectivity index (χ4v) is 2.65. The van der Waals surface area contributed by atoms with Gasteiger partial charge in [-0.15, -0.1) is 11.3 Å². The van der Waals surface area contributed by atoms with Gasteiger partial charge in [0, 0.05) is 18.5 Å². The number of nitrogens with zero attached hydrogens (tertiary/aromatic N) is 3. The quantitative estimate of drug-likeness (QED) is 0.928. The fourth-order valence-electron chi connectivity index (χ4n) is 1.80. The van der Waals surface area contributed by atoms with Crippen molar-refractivity contribution in [2.45, 2.75) is 26.7 Å². The Balaban J connectivity index is 2.61. The Morgan fingerprint density at radius 2 is 2.05 bits per heavy atom. The van der Waals surface area contributed by atoms with E-state index in [-0.39, 0.29) is 5.92 Å². The molecule has 0 unspecified atom stereocenters. The van der Waals surface area contributed by atoms with Crippen LogP contribution in [0.1, 0.15) is 36.0 Å². The molecule has 0 fully saturated rings. The third-order valence-electron chi connectivity index (χ3n) is 2.87. The number of rotatable bonds is 3. The summed E-state index contributed by atoms with van der Waals surface area (Å²) in [5.74, 6) is 1.93. The Bertz CT molecular complexity index is 637. The molecule has 0 amide bonds. The van der Waals surface area contributed by atoms with Crippen LogP contribution in [0.5, 0.6) is 0 Å². The summed E-state index contributed by atoms with van der Waals surface area (Å²) < 4.78 is 0. The molecule has 0 saturated heterocycles. The van der Waals surface area contributed by atoms with Crippen molar-refractivity contribution < 1.29 is 0 Å². The zero-order valence-electron chi connectivity index (χ0n) is 11.5. The third kappa shape index (κ3) is 2.59. The van der Waals surface area contributed by atoms with Crippen molar-refractivity contribution >= 4 is 17.2 Å². The minimum absolute atomic E-state index is 0.266. The second kappa shape index (κ2) is 5.37. The van der Waals surface area contributed by atoms with Gasteiger partial charge in [-0.1, -0.05) is 13.8 Å². The first-order chi connectivity index (χ1) is 9.06. The van der Waals surface area contributed by atoms with Gasteiger partial charge in [0.05, 0.1) is 10.6 Å². The Hall–Kier alpha value is -1.93. The number of hydrogen-bond acceptors (Lipinski definition) is 5. The van der Waals surface area contributed by atoms with E-state index >= 15 is 0 Å². The molecule has 0 bridgehead atoms. The number of nitriles is 1. The lowest BCUT2D eigenvalue weighted by Gasteiger charge is -2.12. The van der Waals surface area contributed by atoms with Crippen LogP contribution in [0, 0.1) is 18.3 Å². The molecule has 0 atom stereocenters. The van der Waals surface area contributed by atoms with Crippen molar-refractivity contribution in [3.8, 4) is 16.6 Å². The number of hydrogen-bond donors (Lipinski definition) is 1. The number of anilines is 1. The summed E-state index contributed by atoms with van der Waals surface area (Å²) in [5, 5.41) is 12.0. The molecular weight excluding hydrogens is 256 g/mol. The fraction of sp³-hybridized carbons (Fsp3) is 0.357. The van der Waals surface area contributed by atoms with E-state index in [1.807, 2.05) is 26.1 Å². The predicted octanol–water partition coefficient (Wildman–Crippen LogP) is 3.55. The van der Waals surface area contributed by atoms with E-state index in [9.17, 15) is 0 Å². The molecule has 2 heterocycles. The van der Waals surface area contributed by atoms with Crippen molar-refractivity contribution in [2.75, 3.05) is 12.4 Å². The molecule has 2 aromatic rings. The maximum atomic E-state index is 8.93. The van der Waals surface area contributed by atoms with E-state index in [1.165, 1.54) is 11.3 Å². The van der Waals surface area contributed by atoms with Gasteiger partial charge in [0.2, 0.25) is 0 Å². The van der Waals surface area contributed by atoms with Crippen molar-refractivity contribution in [3.63, 3.8) is 0 Å². The van der Waals surface area contributed by atoms with E-state index in [2.05, 4.69) is 35.2 Å². The van der Waals surface area contributed by atoms with E-state index < -0.39 is 0 Å². The molecule has 19 heavy (non-hydrogen) atoms. The zero-order valence-corrected chi connectivity index (χ0v) is 12.3. The highest BCUT2D eigenvalue weighted by atomic mass is 32.1. The molecule has 0 aliphatic heterocycles. The van der Waals surface area contributed by atoms with Crippen LogP contribution in [0.4, 0.5) is 5.82 Å². The summed E-state index contributed by atoms with van der Waals surface area (Å²) in [5.41, 5.74) is 1.92. The summed E-state index contributed by atoms with van der Waals surface area (Å²) in [4.78, 5) is 10.9. The lowest BCUT2D eigenvalue weighted by molar-refractivity contribution is 0.775. The molecule has 2 rings (SSSR count). The summed E-state index contributed by atoms with van der Waals surface area (Å²) in [6.45, 7) is 6.14. The topological polar surface area (TPSA) is 61.6 Å². The van der Waals surface area contributed by atoms with Crippen molar-refractivity contribution in [2.24, 2.45) is 0 Å². The molecule has 1 N–H and O–H groups in total. The van der Waals surface area contributed by atoms with Gasteiger partial charge in [-0.05, 0) is 19.1 Å². The highest BCUT2D eigenvalue weighted by molar-refractivity contribution is 7.16. The maximum absolute atomic E-state index is 8.93. The van der Waals surface area contributed by atoms with Gasteiger partial charge in [0.15, 0.2) is 0 Å². The molecular formula is C14H16N4S. The average molecular weight is 272 g/mol. The Labute approximate surface area is 117 Å². The van der Waals surface area contributed by atoms with Crippen molar-refractivity contribution in [3.05, 3.63) is 28.4 Å². The molecule has 4 nitrogen and oxygen atoms in total. The first-order valence-corrected chi connectivity index (χ1v) is 6.95. The lowest BCUT2D eigenvalue weighted by Crippen LogP contribution is -2.06. The van der Waals surface area contributed by atoms with E-state index in [1.54, 1.807) is 0 Å². The van der Waals surface area contributed by atoms with Crippen LogP contribution in [-0.4, -0.2) is 17.0 Å². The third-order valence-corrected chi connectivity index (χ3v) is 3.86. The van der Waals surface area contributed by atoms with Crippen molar-refractivity contribution in [1.29, 1.82) is 5.26 Å².